The van der Waals surface area contributed by atoms with Crippen molar-refractivity contribution in [3.05, 3.63) is 35.9 Å². The van der Waals surface area contributed by atoms with Crippen molar-refractivity contribution in [3.63, 3.8) is 0 Å². The Morgan fingerprint density at radius 1 is 1.11 bits per heavy atom. The molecular formula is C16H23NO2. The SMILES string of the molecule is CC(NC1CCC2(CC1)OCCO2)c1ccccc1. The van der Waals surface area contributed by atoms with Gasteiger partial charge in [0.15, 0.2) is 5.79 Å². The van der Waals surface area contributed by atoms with Gasteiger partial charge in [-0.3, -0.25) is 0 Å². The molecule has 1 unspecified atom stereocenters. The summed E-state index contributed by atoms with van der Waals surface area (Å²) >= 11 is 0. The van der Waals surface area contributed by atoms with Gasteiger partial charge in [0.05, 0.1) is 13.2 Å². The first-order valence-electron chi connectivity index (χ1n) is 7.36. The maximum absolute atomic E-state index is 5.77. The quantitative estimate of drug-likeness (QED) is 0.907. The monoisotopic (exact) mass is 261 g/mol. The van der Waals surface area contributed by atoms with Crippen LogP contribution in [0.15, 0.2) is 30.3 Å². The second kappa shape index (κ2) is 5.61. The van der Waals surface area contributed by atoms with Crippen LogP contribution in [0.4, 0.5) is 0 Å². The van der Waals surface area contributed by atoms with Crippen LogP contribution in [0.5, 0.6) is 0 Å². The van der Waals surface area contributed by atoms with Crippen LogP contribution in [0.3, 0.4) is 0 Å². The minimum Gasteiger partial charge on any atom is -0.348 e. The van der Waals surface area contributed by atoms with Crippen molar-refractivity contribution in [3.8, 4) is 0 Å². The topological polar surface area (TPSA) is 30.5 Å². The van der Waals surface area contributed by atoms with E-state index in [-0.39, 0.29) is 5.79 Å². The molecule has 1 aromatic carbocycles. The molecule has 3 heteroatoms. The highest BCUT2D eigenvalue weighted by atomic mass is 16.7. The highest BCUT2D eigenvalue weighted by molar-refractivity contribution is 5.18. The Morgan fingerprint density at radius 2 is 1.74 bits per heavy atom. The molecule has 0 aromatic heterocycles. The third-order valence-electron chi connectivity index (χ3n) is 4.35. The Morgan fingerprint density at radius 3 is 2.37 bits per heavy atom. The maximum atomic E-state index is 5.77. The standard InChI is InChI=1S/C16H23NO2/c1-13(14-5-3-2-4-6-14)17-15-7-9-16(10-8-15)18-11-12-19-16/h2-6,13,15,17H,7-12H2,1H3. The molecule has 1 heterocycles. The van der Waals surface area contributed by atoms with Crippen LogP contribution >= 0.6 is 0 Å². The summed E-state index contributed by atoms with van der Waals surface area (Å²) in [5.74, 6) is -0.242. The lowest BCUT2D eigenvalue weighted by Crippen LogP contribution is -2.42. The van der Waals surface area contributed by atoms with Crippen molar-refractivity contribution in [2.75, 3.05) is 13.2 Å². The Hall–Kier alpha value is -0.900. The van der Waals surface area contributed by atoms with Gasteiger partial charge in [-0.15, -0.1) is 0 Å². The van der Waals surface area contributed by atoms with E-state index in [9.17, 15) is 0 Å². The molecule has 0 bridgehead atoms. The van der Waals surface area contributed by atoms with Gasteiger partial charge in [-0.05, 0) is 25.3 Å². The summed E-state index contributed by atoms with van der Waals surface area (Å²) in [6.45, 7) is 3.76. The summed E-state index contributed by atoms with van der Waals surface area (Å²) in [6.07, 6.45) is 4.31. The second-order valence-electron chi connectivity index (χ2n) is 5.68. The number of ether oxygens (including phenoxy) is 2. The van der Waals surface area contributed by atoms with Crippen LogP contribution in [-0.2, 0) is 9.47 Å². The van der Waals surface area contributed by atoms with Gasteiger partial charge >= 0.3 is 0 Å². The van der Waals surface area contributed by atoms with Gasteiger partial charge in [0.25, 0.3) is 0 Å². The van der Waals surface area contributed by atoms with Crippen molar-refractivity contribution in [2.45, 2.75) is 50.5 Å². The van der Waals surface area contributed by atoms with Crippen LogP contribution in [0, 0.1) is 0 Å². The molecule has 104 valence electrons. The molecule has 3 rings (SSSR count). The average Bonchev–Trinajstić information content (AvgIpc) is 2.91. The van der Waals surface area contributed by atoms with E-state index in [1.165, 1.54) is 5.56 Å². The van der Waals surface area contributed by atoms with Crippen LogP contribution in [0.1, 0.15) is 44.2 Å². The fourth-order valence-corrected chi connectivity index (χ4v) is 3.20. The van der Waals surface area contributed by atoms with Crippen LogP contribution in [-0.4, -0.2) is 25.0 Å². The Kier molecular flexibility index (Phi) is 3.87. The zero-order valence-corrected chi connectivity index (χ0v) is 11.6. The normalized spacial score (nSPS) is 24.7. The molecule has 1 aliphatic heterocycles. The van der Waals surface area contributed by atoms with Gasteiger partial charge in [-0.1, -0.05) is 30.3 Å². The van der Waals surface area contributed by atoms with Gasteiger partial charge in [0, 0.05) is 24.9 Å². The van der Waals surface area contributed by atoms with Crippen LogP contribution in [0.2, 0.25) is 0 Å². The molecule has 2 fully saturated rings. The van der Waals surface area contributed by atoms with Crippen molar-refractivity contribution >= 4 is 0 Å². The van der Waals surface area contributed by atoms with Crippen LogP contribution < -0.4 is 5.32 Å². The Balaban J connectivity index is 1.52. The average molecular weight is 261 g/mol. The van der Waals surface area contributed by atoms with Gasteiger partial charge in [-0.2, -0.15) is 0 Å². The second-order valence-corrected chi connectivity index (χ2v) is 5.68. The highest BCUT2D eigenvalue weighted by Gasteiger charge is 2.40. The first kappa shape index (κ1) is 13.1. The first-order chi connectivity index (χ1) is 9.27. The number of benzene rings is 1. The van der Waals surface area contributed by atoms with E-state index in [4.69, 9.17) is 9.47 Å². The van der Waals surface area contributed by atoms with Crippen molar-refractivity contribution in [1.29, 1.82) is 0 Å². The fraction of sp³-hybridized carbons (Fsp3) is 0.625. The van der Waals surface area contributed by atoms with E-state index in [0.29, 0.717) is 12.1 Å². The van der Waals surface area contributed by atoms with E-state index < -0.39 is 0 Å². The van der Waals surface area contributed by atoms with E-state index in [1.54, 1.807) is 0 Å². The largest absolute Gasteiger partial charge is 0.348 e. The number of hydrogen-bond acceptors (Lipinski definition) is 3. The first-order valence-corrected chi connectivity index (χ1v) is 7.36. The maximum Gasteiger partial charge on any atom is 0.168 e. The molecule has 1 atom stereocenters. The molecular weight excluding hydrogens is 238 g/mol. The number of hydrogen-bond donors (Lipinski definition) is 1. The number of rotatable bonds is 3. The van der Waals surface area contributed by atoms with E-state index in [0.717, 1.165) is 38.9 Å². The summed E-state index contributed by atoms with van der Waals surface area (Å²) in [6, 6.07) is 11.6. The lowest BCUT2D eigenvalue weighted by Gasteiger charge is -2.36. The minimum absolute atomic E-state index is 0.242. The Bertz CT molecular complexity index is 390. The van der Waals surface area contributed by atoms with Crippen LogP contribution in [0.25, 0.3) is 0 Å². The molecule has 3 nitrogen and oxygen atoms in total. The fourth-order valence-electron chi connectivity index (χ4n) is 3.20. The van der Waals surface area contributed by atoms with E-state index in [1.807, 2.05) is 0 Å². The summed E-state index contributed by atoms with van der Waals surface area (Å²) in [5, 5.41) is 3.73. The highest BCUT2D eigenvalue weighted by Crippen LogP contribution is 2.36. The zero-order valence-electron chi connectivity index (χ0n) is 11.6. The van der Waals surface area contributed by atoms with Gasteiger partial charge in [0.1, 0.15) is 0 Å². The Labute approximate surface area is 115 Å². The van der Waals surface area contributed by atoms with Gasteiger partial charge in [0.2, 0.25) is 0 Å². The summed E-state index contributed by atoms with van der Waals surface area (Å²) in [4.78, 5) is 0. The predicted molar refractivity (Wildman–Crippen MR) is 74.9 cm³/mol. The summed E-state index contributed by atoms with van der Waals surface area (Å²) in [7, 11) is 0. The molecule has 0 radical (unpaired) electrons. The van der Waals surface area contributed by atoms with Gasteiger partial charge in [-0.25, -0.2) is 0 Å². The molecule has 0 amide bonds. The molecule has 1 N–H and O–H groups in total. The summed E-state index contributed by atoms with van der Waals surface area (Å²) < 4.78 is 11.5. The molecule has 1 aromatic rings. The van der Waals surface area contributed by atoms with Gasteiger partial charge < -0.3 is 14.8 Å². The third-order valence-corrected chi connectivity index (χ3v) is 4.35. The third kappa shape index (κ3) is 2.99. The van der Waals surface area contributed by atoms with E-state index >= 15 is 0 Å². The summed E-state index contributed by atoms with van der Waals surface area (Å²) in [5.41, 5.74) is 1.36. The lowest BCUT2D eigenvalue weighted by atomic mass is 9.89. The molecule has 1 saturated carbocycles. The molecule has 1 saturated heterocycles. The van der Waals surface area contributed by atoms with E-state index in [2.05, 4.69) is 42.6 Å². The van der Waals surface area contributed by atoms with Crippen molar-refractivity contribution < 1.29 is 9.47 Å². The predicted octanol–water partition coefficient (Wildman–Crippen LogP) is 3.02. The van der Waals surface area contributed by atoms with Crippen molar-refractivity contribution in [1.82, 2.24) is 5.32 Å². The minimum atomic E-state index is -0.242. The van der Waals surface area contributed by atoms with Crippen molar-refractivity contribution in [2.24, 2.45) is 0 Å². The zero-order chi connectivity index (χ0) is 13.1. The number of nitrogens with one attached hydrogen (secondary N) is 1. The molecule has 1 spiro atoms. The lowest BCUT2D eigenvalue weighted by molar-refractivity contribution is -0.179. The molecule has 19 heavy (non-hydrogen) atoms. The molecule has 2 aliphatic rings. The molecule has 1 aliphatic carbocycles. The smallest absolute Gasteiger partial charge is 0.168 e.